The summed E-state index contributed by atoms with van der Waals surface area (Å²) in [7, 11) is 0. The van der Waals surface area contributed by atoms with Crippen LogP contribution in [0.4, 0.5) is 0 Å². The molecule has 0 aliphatic heterocycles. The van der Waals surface area contributed by atoms with E-state index < -0.39 is 0 Å². The molecule has 31 heavy (non-hydrogen) atoms. The van der Waals surface area contributed by atoms with Crippen LogP contribution in [0.1, 0.15) is 134 Å². The van der Waals surface area contributed by atoms with Crippen LogP contribution in [0, 0.1) is 0 Å². The standard InChI is InChI=1S/C18H39N.C3H7BrO.4CH4.BrH.K.H2O/c1-4-7-10-13-16-19(17-14-11-8-5-2)18-15-12-9-6-3;4-2-1-3-5;;;;;;;/h4-18H2,1-3H3;5H,1-3H2;4*1H4;1H;;1H2/q;;;;;;;+1;/p-1. The van der Waals surface area contributed by atoms with Crippen molar-refractivity contribution in [3.8, 4) is 0 Å². The molecule has 0 spiro atoms. The Kier molecular flexibility index (Phi) is 111. The Balaban J connectivity index is -0.0000000520. The average molecular weight is 610 g/mol. The summed E-state index contributed by atoms with van der Waals surface area (Å²) in [6.45, 7) is 11.2. The van der Waals surface area contributed by atoms with Crippen molar-refractivity contribution in [1.82, 2.24) is 4.90 Å². The van der Waals surface area contributed by atoms with Gasteiger partial charge in [-0.05, 0) is 45.3 Å². The van der Waals surface area contributed by atoms with E-state index in [-0.39, 0.29) is 104 Å². The fourth-order valence-electron chi connectivity index (χ4n) is 2.68. The third kappa shape index (κ3) is 59.7. The minimum atomic E-state index is 0. The Hall–Kier alpha value is 2.48. The van der Waals surface area contributed by atoms with Crippen LogP contribution in [0.5, 0.6) is 0 Å². The molecular formula is C25H64Br2KNO2. The normalized spacial score (nSPS) is 8.32. The largest absolute Gasteiger partial charge is 1.00 e. The van der Waals surface area contributed by atoms with Gasteiger partial charge >= 0.3 is 51.4 Å². The minimum Gasteiger partial charge on any atom is -1.00 e. The van der Waals surface area contributed by atoms with E-state index in [9.17, 15) is 0 Å². The van der Waals surface area contributed by atoms with E-state index in [1.807, 2.05) is 0 Å². The molecule has 0 rings (SSSR count). The van der Waals surface area contributed by atoms with Gasteiger partial charge in [0.2, 0.25) is 0 Å². The first-order valence-corrected chi connectivity index (χ1v) is 11.8. The zero-order chi connectivity index (χ0) is 18.3. The number of rotatable bonds is 17. The van der Waals surface area contributed by atoms with E-state index >= 15 is 0 Å². The Morgan fingerprint density at radius 1 is 0.581 bits per heavy atom. The summed E-state index contributed by atoms with van der Waals surface area (Å²) < 4.78 is 0. The first kappa shape index (κ1) is 58.9. The van der Waals surface area contributed by atoms with Crippen LogP contribution < -0.4 is 68.4 Å². The van der Waals surface area contributed by atoms with Gasteiger partial charge in [0.15, 0.2) is 0 Å². The SMILES string of the molecule is C.C.C.C.CCCCCCN(CCCCCC)CCCCCC.O.OCCCBr.[Br-].[K+]. The number of aliphatic hydroxyl groups is 1. The molecule has 0 saturated heterocycles. The van der Waals surface area contributed by atoms with Gasteiger partial charge < -0.3 is 32.5 Å². The Morgan fingerprint density at radius 3 is 1.03 bits per heavy atom. The third-order valence-electron chi connectivity index (χ3n) is 4.28. The van der Waals surface area contributed by atoms with Crippen molar-refractivity contribution in [3.05, 3.63) is 0 Å². The van der Waals surface area contributed by atoms with Crippen LogP contribution >= 0.6 is 15.9 Å². The number of hydrogen-bond acceptors (Lipinski definition) is 2. The van der Waals surface area contributed by atoms with Gasteiger partial charge in [-0.3, -0.25) is 0 Å². The zero-order valence-electron chi connectivity index (χ0n) is 18.9. The number of alkyl halides is 1. The summed E-state index contributed by atoms with van der Waals surface area (Å²) in [4.78, 5) is 2.74. The van der Waals surface area contributed by atoms with Gasteiger partial charge in [0.25, 0.3) is 0 Å². The molecule has 0 bridgehead atoms. The molecule has 0 aromatic carbocycles. The maximum atomic E-state index is 8.04. The van der Waals surface area contributed by atoms with E-state index in [1.54, 1.807) is 0 Å². The Bertz CT molecular complexity index is 187. The van der Waals surface area contributed by atoms with Crippen molar-refractivity contribution in [1.29, 1.82) is 0 Å². The monoisotopic (exact) mass is 607 g/mol. The van der Waals surface area contributed by atoms with Crippen LogP contribution in [0.3, 0.4) is 0 Å². The van der Waals surface area contributed by atoms with Crippen molar-refractivity contribution in [2.24, 2.45) is 0 Å². The number of aliphatic hydroxyl groups excluding tert-OH is 1. The van der Waals surface area contributed by atoms with Gasteiger partial charge in [-0.1, -0.05) is 124 Å². The van der Waals surface area contributed by atoms with Crippen molar-refractivity contribution >= 4 is 15.9 Å². The van der Waals surface area contributed by atoms with Gasteiger partial charge in [-0.2, -0.15) is 0 Å². The van der Waals surface area contributed by atoms with Crippen molar-refractivity contribution in [2.45, 2.75) is 134 Å². The van der Waals surface area contributed by atoms with Gasteiger partial charge in [0.05, 0.1) is 0 Å². The topological polar surface area (TPSA) is 55.0 Å². The summed E-state index contributed by atoms with van der Waals surface area (Å²) >= 11 is 3.15. The molecule has 0 fully saturated rings. The molecule has 0 amide bonds. The summed E-state index contributed by atoms with van der Waals surface area (Å²) in [5.41, 5.74) is 0. The molecule has 0 aliphatic rings. The van der Waals surface area contributed by atoms with Gasteiger partial charge in [-0.25, -0.2) is 0 Å². The van der Waals surface area contributed by atoms with Crippen molar-refractivity contribution < 1.29 is 78.9 Å². The molecule has 196 valence electrons. The predicted molar refractivity (Wildman–Crippen MR) is 145 cm³/mol. The zero-order valence-corrected chi connectivity index (χ0v) is 25.2. The second-order valence-electron chi connectivity index (χ2n) is 6.79. The maximum absolute atomic E-state index is 8.04. The van der Waals surface area contributed by atoms with E-state index in [2.05, 4.69) is 41.6 Å². The molecule has 0 radical (unpaired) electrons. The number of halogens is 2. The molecule has 0 aliphatic carbocycles. The second-order valence-corrected chi connectivity index (χ2v) is 7.58. The second kappa shape index (κ2) is 58.4. The van der Waals surface area contributed by atoms with E-state index in [0.29, 0.717) is 6.61 Å². The molecule has 0 heterocycles. The summed E-state index contributed by atoms with van der Waals surface area (Å²) in [6, 6.07) is 0. The van der Waals surface area contributed by atoms with Crippen molar-refractivity contribution in [2.75, 3.05) is 31.6 Å². The molecular weight excluding hydrogens is 545 g/mol. The summed E-state index contributed by atoms with van der Waals surface area (Å²) in [5.74, 6) is 0. The van der Waals surface area contributed by atoms with Gasteiger partial charge in [0.1, 0.15) is 0 Å². The fraction of sp³-hybridized carbons (Fsp3) is 1.00. The van der Waals surface area contributed by atoms with Crippen LogP contribution in [0.2, 0.25) is 0 Å². The van der Waals surface area contributed by atoms with Crippen LogP contribution in [0.25, 0.3) is 0 Å². The molecule has 6 heteroatoms. The average Bonchev–Trinajstić information content (AvgIpc) is 2.60. The molecule has 0 unspecified atom stereocenters. The maximum Gasteiger partial charge on any atom is 1.00 e. The summed E-state index contributed by atoms with van der Waals surface area (Å²) in [5, 5.41) is 8.94. The van der Waals surface area contributed by atoms with Gasteiger partial charge in [0, 0.05) is 11.9 Å². The molecule has 3 nitrogen and oxygen atoms in total. The fourth-order valence-corrected chi connectivity index (χ4v) is 2.93. The van der Waals surface area contributed by atoms with Crippen LogP contribution in [0.15, 0.2) is 0 Å². The quantitative estimate of drug-likeness (QED) is 0.157. The number of hydrogen-bond donors (Lipinski definition) is 1. The summed E-state index contributed by atoms with van der Waals surface area (Å²) in [6.07, 6.45) is 17.7. The molecule has 0 aromatic heterocycles. The number of nitrogens with zero attached hydrogens (tertiary/aromatic N) is 1. The minimum absolute atomic E-state index is 0. The third-order valence-corrected chi connectivity index (χ3v) is 4.84. The van der Waals surface area contributed by atoms with Gasteiger partial charge in [-0.15, -0.1) is 0 Å². The number of unbranched alkanes of at least 4 members (excludes halogenated alkanes) is 9. The van der Waals surface area contributed by atoms with E-state index in [0.717, 1.165) is 11.8 Å². The van der Waals surface area contributed by atoms with Crippen molar-refractivity contribution in [3.63, 3.8) is 0 Å². The molecule has 0 aromatic rings. The molecule has 0 saturated carbocycles. The van der Waals surface area contributed by atoms with E-state index in [1.165, 1.54) is 96.7 Å². The molecule has 3 N–H and O–H groups in total. The van der Waals surface area contributed by atoms with Crippen LogP contribution in [-0.4, -0.2) is 47.1 Å². The Labute approximate surface area is 262 Å². The predicted octanol–water partition coefficient (Wildman–Crippen LogP) is 2.52. The van der Waals surface area contributed by atoms with E-state index in [4.69, 9.17) is 5.11 Å². The Morgan fingerprint density at radius 2 is 0.871 bits per heavy atom. The first-order chi connectivity index (χ1) is 11.8. The van der Waals surface area contributed by atoms with Crippen LogP contribution in [-0.2, 0) is 0 Å². The first-order valence-electron chi connectivity index (χ1n) is 10.7. The smallest absolute Gasteiger partial charge is 1.00 e. The molecule has 0 atom stereocenters.